The zero-order valence-electron chi connectivity index (χ0n) is 13.2. The summed E-state index contributed by atoms with van der Waals surface area (Å²) in [6.45, 7) is 1.16. The van der Waals surface area contributed by atoms with Crippen LogP contribution in [-0.4, -0.2) is 31.6 Å². The van der Waals surface area contributed by atoms with E-state index in [9.17, 15) is 18.0 Å². The fourth-order valence-corrected chi connectivity index (χ4v) is 4.86. The number of sulfonamides is 1. The predicted octanol–water partition coefficient (Wildman–Crippen LogP) is 3.60. The number of halogens is 2. The molecule has 0 saturated heterocycles. The highest BCUT2D eigenvalue weighted by Gasteiger charge is 2.31. The van der Waals surface area contributed by atoms with E-state index in [1.165, 1.54) is 24.3 Å². The van der Waals surface area contributed by atoms with Crippen LogP contribution in [0.4, 0.5) is 0 Å². The van der Waals surface area contributed by atoms with Crippen LogP contribution in [0.15, 0.2) is 56.3 Å². The smallest absolute Gasteiger partial charge is 0.308 e. The van der Waals surface area contributed by atoms with Crippen LogP contribution in [0.25, 0.3) is 0 Å². The highest BCUT2D eigenvalue weighted by Crippen LogP contribution is 2.37. The molecule has 9 heteroatoms. The molecule has 0 unspecified atom stereocenters. The fourth-order valence-electron chi connectivity index (χ4n) is 1.99. The number of hydrogen-bond donors (Lipinski definition) is 0. The summed E-state index contributed by atoms with van der Waals surface area (Å²) >= 11 is 6.37. The van der Waals surface area contributed by atoms with Gasteiger partial charge in [0.2, 0.25) is 0 Å². The molecule has 0 spiro atoms. The van der Waals surface area contributed by atoms with E-state index in [0.717, 1.165) is 14.0 Å². The largest absolute Gasteiger partial charge is 0.424 e. The number of benzene rings is 2. The van der Waals surface area contributed by atoms with Crippen molar-refractivity contribution in [3.8, 4) is 5.75 Å². The quantitative estimate of drug-likeness (QED) is 0.483. The van der Waals surface area contributed by atoms with Crippen molar-refractivity contribution in [2.45, 2.75) is 11.8 Å². The van der Waals surface area contributed by atoms with Crippen LogP contribution in [0.3, 0.4) is 0 Å². The Kier molecular flexibility index (Phi) is 6.02. The molecule has 0 heterocycles. The van der Waals surface area contributed by atoms with E-state index in [2.05, 4.69) is 31.9 Å². The Labute approximate surface area is 162 Å². The summed E-state index contributed by atoms with van der Waals surface area (Å²) < 4.78 is 32.2. The number of carbonyl (C=O) groups excluding carboxylic acids is 2. The second-order valence-electron chi connectivity index (χ2n) is 4.95. The van der Waals surface area contributed by atoms with Crippen LogP contribution >= 0.6 is 31.9 Å². The third kappa shape index (κ3) is 4.28. The molecule has 2 aromatic rings. The Bertz CT molecular complexity index is 929. The number of rotatable bonds is 4. The van der Waals surface area contributed by atoms with E-state index in [1.54, 1.807) is 18.2 Å². The van der Waals surface area contributed by atoms with E-state index in [4.69, 9.17) is 4.74 Å². The van der Waals surface area contributed by atoms with Gasteiger partial charge >= 0.3 is 5.97 Å². The van der Waals surface area contributed by atoms with E-state index >= 15 is 0 Å². The van der Waals surface area contributed by atoms with Gasteiger partial charge in [-0.25, -0.2) is 12.7 Å². The third-order valence-electron chi connectivity index (χ3n) is 3.17. The fraction of sp³-hybridized carbons (Fsp3) is 0.125. The molecule has 2 rings (SSSR count). The monoisotopic (exact) mass is 489 g/mol. The van der Waals surface area contributed by atoms with Crippen LogP contribution in [0.1, 0.15) is 17.3 Å². The van der Waals surface area contributed by atoms with E-state index in [0.29, 0.717) is 8.78 Å². The summed E-state index contributed by atoms with van der Waals surface area (Å²) in [5.74, 6) is -1.56. The minimum Gasteiger partial charge on any atom is -0.424 e. The molecule has 0 fully saturated rings. The SMILES string of the molecule is CC(=O)Oc1c(Br)cc(Br)cc1S(=O)(=O)N(C)C(=O)c1ccccc1. The van der Waals surface area contributed by atoms with Crippen molar-refractivity contribution in [1.82, 2.24) is 4.31 Å². The molecule has 0 radical (unpaired) electrons. The molecule has 0 aromatic heterocycles. The molecule has 2 aromatic carbocycles. The van der Waals surface area contributed by atoms with E-state index < -0.39 is 21.9 Å². The van der Waals surface area contributed by atoms with Gasteiger partial charge in [0.05, 0.1) is 4.47 Å². The van der Waals surface area contributed by atoms with Gasteiger partial charge < -0.3 is 4.74 Å². The number of amides is 1. The number of ether oxygens (including phenoxy) is 1. The number of hydrogen-bond acceptors (Lipinski definition) is 5. The molecule has 0 saturated carbocycles. The van der Waals surface area contributed by atoms with Gasteiger partial charge in [0.1, 0.15) is 4.90 Å². The minimum absolute atomic E-state index is 0.177. The molecule has 6 nitrogen and oxygen atoms in total. The summed E-state index contributed by atoms with van der Waals surface area (Å²) in [4.78, 5) is 23.5. The zero-order valence-corrected chi connectivity index (χ0v) is 17.2. The van der Waals surface area contributed by atoms with E-state index in [1.807, 2.05) is 0 Å². The number of nitrogens with zero attached hydrogens (tertiary/aromatic N) is 1. The lowest BCUT2D eigenvalue weighted by molar-refractivity contribution is -0.132. The third-order valence-corrected chi connectivity index (χ3v) is 5.96. The predicted molar refractivity (Wildman–Crippen MR) is 98.9 cm³/mol. The van der Waals surface area contributed by atoms with Crippen molar-refractivity contribution in [1.29, 1.82) is 0 Å². The maximum atomic E-state index is 12.9. The Morgan fingerprint density at radius 3 is 2.24 bits per heavy atom. The van der Waals surface area contributed by atoms with E-state index in [-0.39, 0.29) is 20.7 Å². The lowest BCUT2D eigenvalue weighted by Crippen LogP contribution is -2.33. The van der Waals surface area contributed by atoms with Gasteiger partial charge in [-0.3, -0.25) is 9.59 Å². The Morgan fingerprint density at radius 1 is 1.08 bits per heavy atom. The topological polar surface area (TPSA) is 80.8 Å². The summed E-state index contributed by atoms with van der Waals surface area (Å²) in [5, 5.41) is 0. The standard InChI is InChI=1S/C16H13Br2NO5S/c1-10(20)24-15-13(18)8-12(17)9-14(15)25(22,23)19(2)16(21)11-6-4-3-5-7-11/h3-9H,1-2H3. The van der Waals surface area contributed by atoms with Crippen LogP contribution in [0, 0.1) is 0 Å². The van der Waals surface area contributed by atoms with Gasteiger partial charge in [-0.15, -0.1) is 0 Å². The minimum atomic E-state index is -4.26. The number of carbonyl (C=O) groups is 2. The Hall–Kier alpha value is -1.71. The van der Waals surface area contributed by atoms with Crippen LogP contribution in [0.2, 0.25) is 0 Å². The van der Waals surface area contributed by atoms with Crippen molar-refractivity contribution in [3.63, 3.8) is 0 Å². The maximum Gasteiger partial charge on any atom is 0.308 e. The van der Waals surface area contributed by atoms with Gasteiger partial charge in [0.25, 0.3) is 15.9 Å². The van der Waals surface area contributed by atoms with Gasteiger partial charge in [0.15, 0.2) is 5.75 Å². The molecular weight excluding hydrogens is 478 g/mol. The van der Waals surface area contributed by atoms with Gasteiger partial charge in [-0.2, -0.15) is 0 Å². The number of esters is 1. The molecule has 1 amide bonds. The van der Waals surface area contributed by atoms with Gasteiger partial charge in [-0.05, 0) is 40.2 Å². The first-order valence-corrected chi connectivity index (χ1v) is 9.93. The summed E-state index contributed by atoms with van der Waals surface area (Å²) in [6.07, 6.45) is 0. The molecule has 0 bridgehead atoms. The van der Waals surface area contributed by atoms with Crippen LogP contribution in [0.5, 0.6) is 5.75 Å². The lowest BCUT2D eigenvalue weighted by atomic mass is 10.2. The first-order valence-electron chi connectivity index (χ1n) is 6.90. The van der Waals surface area contributed by atoms with Crippen molar-refractivity contribution >= 4 is 53.8 Å². The molecule has 0 aliphatic rings. The summed E-state index contributed by atoms with van der Waals surface area (Å²) in [5.41, 5.74) is 0.219. The molecule has 0 atom stereocenters. The highest BCUT2D eigenvalue weighted by atomic mass is 79.9. The van der Waals surface area contributed by atoms with Crippen LogP contribution in [-0.2, 0) is 14.8 Å². The average Bonchev–Trinajstić information content (AvgIpc) is 2.56. The Balaban J connectivity index is 2.56. The second kappa shape index (κ2) is 7.67. The van der Waals surface area contributed by atoms with Crippen molar-refractivity contribution in [2.75, 3.05) is 7.05 Å². The molecule has 0 aliphatic carbocycles. The summed E-state index contributed by atoms with van der Waals surface area (Å²) in [6, 6.07) is 10.8. The second-order valence-corrected chi connectivity index (χ2v) is 8.66. The first kappa shape index (κ1) is 19.6. The highest BCUT2D eigenvalue weighted by molar-refractivity contribution is 9.11. The van der Waals surface area contributed by atoms with Crippen molar-refractivity contribution in [3.05, 3.63) is 57.0 Å². The molecule has 0 aliphatic heterocycles. The average molecular weight is 491 g/mol. The molecule has 132 valence electrons. The molecular formula is C16H13Br2NO5S. The van der Waals surface area contributed by atoms with Crippen molar-refractivity contribution < 1.29 is 22.7 Å². The normalized spacial score (nSPS) is 11.0. The summed E-state index contributed by atoms with van der Waals surface area (Å²) in [7, 11) is -3.11. The molecule has 0 N–H and O–H groups in total. The van der Waals surface area contributed by atoms with Crippen molar-refractivity contribution in [2.24, 2.45) is 0 Å². The Morgan fingerprint density at radius 2 is 1.68 bits per heavy atom. The maximum absolute atomic E-state index is 12.9. The van der Waals surface area contributed by atoms with Crippen LogP contribution < -0.4 is 4.74 Å². The lowest BCUT2D eigenvalue weighted by Gasteiger charge is -2.20. The first-order chi connectivity index (χ1) is 11.6. The zero-order chi connectivity index (χ0) is 18.8. The van der Waals surface area contributed by atoms with Gasteiger partial charge in [-0.1, -0.05) is 34.1 Å². The molecule has 25 heavy (non-hydrogen) atoms. The van der Waals surface area contributed by atoms with Gasteiger partial charge in [0, 0.05) is 24.0 Å².